The van der Waals surface area contributed by atoms with Crippen LogP contribution in [0.15, 0.2) is 36.9 Å². The summed E-state index contributed by atoms with van der Waals surface area (Å²) in [6.45, 7) is 1.50. The number of imidazole rings is 1. The topological polar surface area (TPSA) is 93.2 Å². The molecule has 4 N–H and O–H groups in total. The van der Waals surface area contributed by atoms with Gasteiger partial charge in [0.2, 0.25) is 0 Å². The van der Waals surface area contributed by atoms with Gasteiger partial charge in [-0.3, -0.25) is 0 Å². The van der Waals surface area contributed by atoms with Crippen LogP contribution in [0.3, 0.4) is 0 Å². The average molecular weight is 260 g/mol. The SMILES string of the molecule is Nc1ccc(C(=O)O)c(NCCCn2ccnc2)c1. The minimum Gasteiger partial charge on any atom is -0.478 e. The van der Waals surface area contributed by atoms with E-state index in [-0.39, 0.29) is 5.56 Å². The lowest BCUT2D eigenvalue weighted by Gasteiger charge is -2.10. The molecule has 0 aliphatic rings. The van der Waals surface area contributed by atoms with Crippen molar-refractivity contribution >= 4 is 17.3 Å². The summed E-state index contributed by atoms with van der Waals surface area (Å²) in [4.78, 5) is 15.0. The number of nitrogens with one attached hydrogen (secondary N) is 1. The number of carbonyl (C=O) groups is 1. The normalized spacial score (nSPS) is 10.3. The molecule has 1 aromatic heterocycles. The van der Waals surface area contributed by atoms with Crippen LogP contribution < -0.4 is 11.1 Å². The molecular formula is C13H16N4O2. The lowest BCUT2D eigenvalue weighted by molar-refractivity contribution is 0.0698. The number of aromatic nitrogens is 2. The molecule has 0 atom stereocenters. The zero-order valence-corrected chi connectivity index (χ0v) is 10.4. The Kier molecular flexibility index (Phi) is 4.02. The molecule has 2 rings (SSSR count). The fourth-order valence-electron chi connectivity index (χ4n) is 1.80. The molecule has 1 heterocycles. The number of rotatable bonds is 6. The number of aryl methyl sites for hydroxylation is 1. The predicted octanol–water partition coefficient (Wildman–Crippen LogP) is 1.67. The molecule has 6 heteroatoms. The zero-order valence-electron chi connectivity index (χ0n) is 10.4. The van der Waals surface area contributed by atoms with Crippen molar-refractivity contribution in [2.24, 2.45) is 0 Å². The molecule has 0 fully saturated rings. The van der Waals surface area contributed by atoms with Crippen LogP contribution in [0.25, 0.3) is 0 Å². The zero-order chi connectivity index (χ0) is 13.7. The maximum Gasteiger partial charge on any atom is 0.337 e. The number of nitrogens with two attached hydrogens (primary N) is 1. The van der Waals surface area contributed by atoms with E-state index in [1.807, 2.05) is 10.8 Å². The van der Waals surface area contributed by atoms with Gasteiger partial charge in [-0.25, -0.2) is 9.78 Å². The molecule has 0 spiro atoms. The highest BCUT2D eigenvalue weighted by molar-refractivity contribution is 5.95. The Morgan fingerprint density at radius 2 is 2.32 bits per heavy atom. The quantitative estimate of drug-likeness (QED) is 0.542. The Morgan fingerprint density at radius 1 is 1.47 bits per heavy atom. The largest absolute Gasteiger partial charge is 0.478 e. The van der Waals surface area contributed by atoms with E-state index in [4.69, 9.17) is 10.8 Å². The van der Waals surface area contributed by atoms with Crippen LogP contribution in [0.4, 0.5) is 11.4 Å². The third-order valence-corrected chi connectivity index (χ3v) is 2.74. The maximum atomic E-state index is 11.1. The van der Waals surface area contributed by atoms with Gasteiger partial charge >= 0.3 is 5.97 Å². The molecule has 2 aromatic rings. The predicted molar refractivity (Wildman–Crippen MR) is 73.1 cm³/mol. The van der Waals surface area contributed by atoms with Crippen LogP contribution >= 0.6 is 0 Å². The molecule has 0 aliphatic heterocycles. The Morgan fingerprint density at radius 3 is 3.00 bits per heavy atom. The van der Waals surface area contributed by atoms with Crippen LogP contribution in [-0.2, 0) is 6.54 Å². The van der Waals surface area contributed by atoms with E-state index in [0.717, 1.165) is 13.0 Å². The molecule has 0 saturated heterocycles. The van der Waals surface area contributed by atoms with Gasteiger partial charge in [-0.05, 0) is 24.6 Å². The Hall–Kier alpha value is -2.50. The molecule has 100 valence electrons. The Balaban J connectivity index is 1.91. The van der Waals surface area contributed by atoms with E-state index in [1.165, 1.54) is 6.07 Å². The van der Waals surface area contributed by atoms with Crippen LogP contribution in [-0.4, -0.2) is 27.2 Å². The third kappa shape index (κ3) is 3.48. The summed E-state index contributed by atoms with van der Waals surface area (Å²) in [5.41, 5.74) is 6.99. The van der Waals surface area contributed by atoms with Gasteiger partial charge in [0.1, 0.15) is 0 Å². The molecule has 0 unspecified atom stereocenters. The standard InChI is InChI=1S/C13H16N4O2/c14-10-2-3-11(13(18)19)12(8-10)16-4-1-6-17-7-5-15-9-17/h2-3,5,7-9,16H,1,4,6,14H2,(H,18,19). The summed E-state index contributed by atoms with van der Waals surface area (Å²) < 4.78 is 1.97. The number of hydrogen-bond donors (Lipinski definition) is 3. The molecule has 0 amide bonds. The second-order valence-electron chi connectivity index (χ2n) is 4.19. The van der Waals surface area contributed by atoms with Crippen molar-refractivity contribution in [1.82, 2.24) is 9.55 Å². The van der Waals surface area contributed by atoms with E-state index >= 15 is 0 Å². The summed E-state index contributed by atoms with van der Waals surface area (Å²) in [5.74, 6) is -0.961. The van der Waals surface area contributed by atoms with Crippen LogP contribution in [0, 0.1) is 0 Å². The van der Waals surface area contributed by atoms with E-state index in [9.17, 15) is 4.79 Å². The van der Waals surface area contributed by atoms with Crippen molar-refractivity contribution in [3.63, 3.8) is 0 Å². The van der Waals surface area contributed by atoms with Crippen molar-refractivity contribution in [1.29, 1.82) is 0 Å². The van der Waals surface area contributed by atoms with Gasteiger partial charge in [-0.15, -0.1) is 0 Å². The highest BCUT2D eigenvalue weighted by Gasteiger charge is 2.09. The molecule has 6 nitrogen and oxygen atoms in total. The first-order valence-electron chi connectivity index (χ1n) is 5.99. The highest BCUT2D eigenvalue weighted by Crippen LogP contribution is 2.19. The molecule has 0 aliphatic carbocycles. The first-order valence-corrected chi connectivity index (χ1v) is 5.99. The highest BCUT2D eigenvalue weighted by atomic mass is 16.4. The van der Waals surface area contributed by atoms with E-state index in [0.29, 0.717) is 17.9 Å². The minimum absolute atomic E-state index is 0.233. The molecule has 0 radical (unpaired) electrons. The molecule has 19 heavy (non-hydrogen) atoms. The van der Waals surface area contributed by atoms with Crippen LogP contribution in [0.5, 0.6) is 0 Å². The summed E-state index contributed by atoms with van der Waals surface area (Å²) in [6.07, 6.45) is 6.24. The molecule has 0 bridgehead atoms. The van der Waals surface area contributed by atoms with Gasteiger partial charge in [-0.1, -0.05) is 0 Å². The van der Waals surface area contributed by atoms with Crippen molar-refractivity contribution < 1.29 is 9.90 Å². The van der Waals surface area contributed by atoms with Gasteiger partial charge < -0.3 is 20.7 Å². The number of aromatic carboxylic acids is 1. The summed E-state index contributed by atoms with van der Waals surface area (Å²) in [5, 5.41) is 12.2. The first-order chi connectivity index (χ1) is 9.16. The number of nitrogen functional groups attached to an aromatic ring is 1. The molecule has 0 saturated carbocycles. The van der Waals surface area contributed by atoms with Crippen LogP contribution in [0.1, 0.15) is 16.8 Å². The smallest absolute Gasteiger partial charge is 0.337 e. The van der Waals surface area contributed by atoms with E-state index in [1.54, 1.807) is 24.7 Å². The van der Waals surface area contributed by atoms with E-state index < -0.39 is 5.97 Å². The van der Waals surface area contributed by atoms with Crippen molar-refractivity contribution in [3.8, 4) is 0 Å². The van der Waals surface area contributed by atoms with Crippen molar-refractivity contribution in [3.05, 3.63) is 42.5 Å². The lowest BCUT2D eigenvalue weighted by Crippen LogP contribution is -2.10. The van der Waals surface area contributed by atoms with Gasteiger partial charge in [0, 0.05) is 31.2 Å². The van der Waals surface area contributed by atoms with Gasteiger partial charge in [0.15, 0.2) is 0 Å². The van der Waals surface area contributed by atoms with Gasteiger partial charge in [-0.2, -0.15) is 0 Å². The number of anilines is 2. The number of carboxylic acids is 1. The van der Waals surface area contributed by atoms with Gasteiger partial charge in [0.05, 0.1) is 17.6 Å². The second-order valence-corrected chi connectivity index (χ2v) is 4.19. The lowest BCUT2D eigenvalue weighted by atomic mass is 10.1. The number of benzene rings is 1. The fourth-order valence-corrected chi connectivity index (χ4v) is 1.80. The number of hydrogen-bond acceptors (Lipinski definition) is 4. The third-order valence-electron chi connectivity index (χ3n) is 2.74. The Bertz CT molecular complexity index is 552. The van der Waals surface area contributed by atoms with Crippen molar-refractivity contribution in [2.45, 2.75) is 13.0 Å². The van der Waals surface area contributed by atoms with Crippen molar-refractivity contribution in [2.75, 3.05) is 17.6 Å². The minimum atomic E-state index is -0.961. The number of carboxylic acid groups (broad SMARTS) is 1. The summed E-state index contributed by atoms with van der Waals surface area (Å²) >= 11 is 0. The fraction of sp³-hybridized carbons (Fsp3) is 0.231. The van der Waals surface area contributed by atoms with Crippen LogP contribution in [0.2, 0.25) is 0 Å². The average Bonchev–Trinajstić information content (AvgIpc) is 2.87. The summed E-state index contributed by atoms with van der Waals surface area (Å²) in [6, 6.07) is 4.73. The molecular weight excluding hydrogens is 244 g/mol. The summed E-state index contributed by atoms with van der Waals surface area (Å²) in [7, 11) is 0. The Labute approximate surface area is 110 Å². The monoisotopic (exact) mass is 260 g/mol. The first kappa shape index (κ1) is 12.9. The van der Waals surface area contributed by atoms with Gasteiger partial charge in [0.25, 0.3) is 0 Å². The second kappa shape index (κ2) is 5.90. The number of nitrogens with zero attached hydrogens (tertiary/aromatic N) is 2. The molecule has 1 aromatic carbocycles. The van der Waals surface area contributed by atoms with E-state index in [2.05, 4.69) is 10.3 Å². The maximum absolute atomic E-state index is 11.1.